The van der Waals surface area contributed by atoms with Crippen molar-refractivity contribution in [3.05, 3.63) is 59.7 Å². The number of benzene rings is 2. The third-order valence-corrected chi connectivity index (χ3v) is 3.12. The molecule has 0 aromatic heterocycles. The Morgan fingerprint density at radius 1 is 0.650 bits per heavy atom. The maximum Gasteiger partial charge on any atom is 0.154 e. The lowest BCUT2D eigenvalue weighted by atomic mass is 9.93. The predicted octanol–water partition coefficient (Wildman–Crippen LogP) is 2.89. The van der Waals surface area contributed by atoms with Crippen molar-refractivity contribution < 1.29 is 9.59 Å². The molecule has 0 saturated carbocycles. The fourth-order valence-corrected chi connectivity index (χ4v) is 1.93. The third kappa shape index (κ3) is 3.08. The highest BCUT2D eigenvalue weighted by molar-refractivity contribution is 6.24. The lowest BCUT2D eigenvalue weighted by Crippen LogP contribution is -1.97. The van der Waals surface area contributed by atoms with Gasteiger partial charge in [0, 0.05) is 11.1 Å². The number of rotatable bonds is 5. The minimum atomic E-state index is -0.0829. The van der Waals surface area contributed by atoms with Crippen LogP contribution in [-0.4, -0.2) is 27.3 Å². The van der Waals surface area contributed by atoms with Crippen LogP contribution < -0.4 is 0 Å². The highest BCUT2D eigenvalue weighted by Crippen LogP contribution is 2.21. The molecule has 4 heteroatoms. The van der Waals surface area contributed by atoms with E-state index in [0.717, 1.165) is 11.1 Å². The molecule has 20 heavy (non-hydrogen) atoms. The molecule has 0 amide bonds. The lowest BCUT2D eigenvalue weighted by molar-refractivity contribution is 0.101. The van der Waals surface area contributed by atoms with E-state index in [4.69, 9.17) is 15.7 Å². The predicted molar refractivity (Wildman–Crippen MR) is 81.7 cm³/mol. The molecule has 0 fully saturated rings. The second kappa shape index (κ2) is 6.38. The van der Waals surface area contributed by atoms with Gasteiger partial charge in [-0.25, -0.2) is 0 Å². The van der Waals surface area contributed by atoms with Crippen LogP contribution in [0.5, 0.6) is 0 Å². The minimum absolute atomic E-state index is 0.00917. The number of Topliss-reactive ketones (excluding diaryl/α,β-unsaturated/α-hetero) is 2. The monoisotopic (exact) mass is 258 g/mol. The van der Waals surface area contributed by atoms with Gasteiger partial charge < -0.3 is 0 Å². The zero-order valence-electron chi connectivity index (χ0n) is 11.0. The number of hydrogen-bond acceptors (Lipinski definition) is 2. The average molecular weight is 258 g/mol. The summed E-state index contributed by atoms with van der Waals surface area (Å²) in [6.07, 6.45) is 0.0183. The summed E-state index contributed by atoms with van der Waals surface area (Å²) in [6, 6.07) is 14.5. The molecular formula is C16H12B2O2. The smallest absolute Gasteiger partial charge is 0.154 e. The van der Waals surface area contributed by atoms with Gasteiger partial charge in [-0.15, -0.1) is 0 Å². The standard InChI is InChI=1S/C16H12B2O2/c17-9-15(19)13-5-1-11(2-6-13)12-3-7-14(8-4-12)16(20)10-18/h1-8H,9-10H2. The molecule has 0 aliphatic heterocycles. The van der Waals surface area contributed by atoms with Crippen LogP contribution in [0.3, 0.4) is 0 Å². The van der Waals surface area contributed by atoms with Gasteiger partial charge in [0.1, 0.15) is 0 Å². The van der Waals surface area contributed by atoms with Crippen molar-refractivity contribution in [2.24, 2.45) is 0 Å². The molecule has 0 bridgehead atoms. The molecular weight excluding hydrogens is 246 g/mol. The van der Waals surface area contributed by atoms with Crippen LogP contribution in [0.15, 0.2) is 48.5 Å². The molecule has 0 atom stereocenters. The molecule has 2 nitrogen and oxygen atoms in total. The summed E-state index contributed by atoms with van der Waals surface area (Å²) in [5.41, 5.74) is 3.16. The average Bonchev–Trinajstić information content (AvgIpc) is 2.53. The Balaban J connectivity index is 2.23. The van der Waals surface area contributed by atoms with E-state index in [9.17, 15) is 9.59 Å². The van der Waals surface area contributed by atoms with E-state index < -0.39 is 0 Å². The van der Waals surface area contributed by atoms with Crippen LogP contribution in [0.1, 0.15) is 20.7 Å². The van der Waals surface area contributed by atoms with Gasteiger partial charge in [-0.1, -0.05) is 48.5 Å². The summed E-state index contributed by atoms with van der Waals surface area (Å²) >= 11 is 0. The zero-order chi connectivity index (χ0) is 14.5. The molecule has 0 saturated heterocycles. The third-order valence-electron chi connectivity index (χ3n) is 3.12. The van der Waals surface area contributed by atoms with Gasteiger partial charge >= 0.3 is 0 Å². The molecule has 94 valence electrons. The SMILES string of the molecule is [B]CC(=O)c1ccc(-c2ccc(C(=O)C[B])cc2)cc1. The second-order valence-corrected chi connectivity index (χ2v) is 4.41. The summed E-state index contributed by atoms with van der Waals surface area (Å²) < 4.78 is 0. The zero-order valence-corrected chi connectivity index (χ0v) is 11.0. The van der Waals surface area contributed by atoms with E-state index in [1.54, 1.807) is 24.3 Å². The van der Waals surface area contributed by atoms with Gasteiger partial charge in [0.15, 0.2) is 11.6 Å². The maximum atomic E-state index is 11.4. The molecule has 0 unspecified atom stereocenters. The Hall–Kier alpha value is -2.09. The second-order valence-electron chi connectivity index (χ2n) is 4.41. The molecule has 2 aromatic carbocycles. The summed E-state index contributed by atoms with van der Waals surface area (Å²) in [4.78, 5) is 22.9. The van der Waals surface area contributed by atoms with E-state index in [-0.39, 0.29) is 24.2 Å². The van der Waals surface area contributed by atoms with Crippen molar-refractivity contribution in [2.75, 3.05) is 0 Å². The van der Waals surface area contributed by atoms with Gasteiger partial charge in [0.2, 0.25) is 0 Å². The first kappa shape index (κ1) is 14.3. The van der Waals surface area contributed by atoms with Crippen molar-refractivity contribution in [1.82, 2.24) is 0 Å². The summed E-state index contributed by atoms with van der Waals surface area (Å²) in [6.45, 7) is 0. The van der Waals surface area contributed by atoms with E-state index in [2.05, 4.69) is 0 Å². The van der Waals surface area contributed by atoms with Crippen molar-refractivity contribution in [2.45, 2.75) is 12.6 Å². The Morgan fingerprint density at radius 3 is 1.20 bits per heavy atom. The van der Waals surface area contributed by atoms with Crippen LogP contribution in [0.2, 0.25) is 12.6 Å². The maximum absolute atomic E-state index is 11.4. The highest BCUT2D eigenvalue weighted by atomic mass is 16.1. The summed E-state index contributed by atoms with van der Waals surface area (Å²) in [5, 5.41) is 0. The van der Waals surface area contributed by atoms with E-state index >= 15 is 0 Å². The van der Waals surface area contributed by atoms with Crippen LogP contribution >= 0.6 is 0 Å². The molecule has 0 spiro atoms. The van der Waals surface area contributed by atoms with Gasteiger partial charge in [0.05, 0.1) is 15.7 Å². The molecule has 4 radical (unpaired) electrons. The largest absolute Gasteiger partial charge is 0.295 e. The Morgan fingerprint density at radius 2 is 0.950 bits per heavy atom. The number of ketones is 2. The van der Waals surface area contributed by atoms with Gasteiger partial charge in [-0.2, -0.15) is 0 Å². The normalized spacial score (nSPS) is 10.2. The van der Waals surface area contributed by atoms with Crippen molar-refractivity contribution >= 4 is 27.3 Å². The first-order valence-corrected chi connectivity index (χ1v) is 6.32. The van der Waals surface area contributed by atoms with Gasteiger partial charge in [-0.3, -0.25) is 9.59 Å². The fourth-order valence-electron chi connectivity index (χ4n) is 1.93. The highest BCUT2D eigenvalue weighted by Gasteiger charge is 2.05. The topological polar surface area (TPSA) is 34.1 Å². The van der Waals surface area contributed by atoms with Crippen molar-refractivity contribution in [3.8, 4) is 11.1 Å². The summed E-state index contributed by atoms with van der Waals surface area (Å²) in [7, 11) is 10.6. The Bertz CT molecular complexity index is 558. The molecule has 2 rings (SSSR count). The molecule has 0 heterocycles. The molecule has 0 N–H and O–H groups in total. The number of carbonyl (C=O) groups is 2. The molecule has 2 aromatic rings. The van der Waals surface area contributed by atoms with Gasteiger partial charge in [-0.05, 0) is 23.8 Å². The first-order valence-electron chi connectivity index (χ1n) is 6.32. The fraction of sp³-hybridized carbons (Fsp3) is 0.125. The Kier molecular flexibility index (Phi) is 4.57. The number of hydrogen-bond donors (Lipinski definition) is 0. The molecule has 0 aliphatic carbocycles. The quantitative estimate of drug-likeness (QED) is 0.610. The minimum Gasteiger partial charge on any atom is -0.295 e. The van der Waals surface area contributed by atoms with Crippen LogP contribution in [0, 0.1) is 0 Å². The summed E-state index contributed by atoms with van der Waals surface area (Å²) in [5.74, 6) is -0.166. The number of carbonyl (C=O) groups excluding carboxylic acids is 2. The van der Waals surface area contributed by atoms with Crippen molar-refractivity contribution in [1.29, 1.82) is 0 Å². The van der Waals surface area contributed by atoms with Crippen molar-refractivity contribution in [3.63, 3.8) is 0 Å². The first-order chi connectivity index (χ1) is 9.65. The van der Waals surface area contributed by atoms with Crippen LogP contribution in [-0.2, 0) is 0 Å². The van der Waals surface area contributed by atoms with Crippen LogP contribution in [0.4, 0.5) is 0 Å². The van der Waals surface area contributed by atoms with E-state index in [1.807, 2.05) is 24.3 Å². The molecule has 0 aliphatic rings. The van der Waals surface area contributed by atoms with Gasteiger partial charge in [0.25, 0.3) is 0 Å². The lowest BCUT2D eigenvalue weighted by Gasteiger charge is -2.05. The van der Waals surface area contributed by atoms with Crippen LogP contribution in [0.25, 0.3) is 11.1 Å². The van der Waals surface area contributed by atoms with E-state index in [1.165, 1.54) is 0 Å². The van der Waals surface area contributed by atoms with E-state index in [0.29, 0.717) is 11.1 Å². The Labute approximate surface area is 121 Å².